The first kappa shape index (κ1) is 24.8. The Balaban J connectivity index is 0.000000170. The number of unbranched alkanes of at least 4 members (excludes halogenated alkanes) is 2. The molecule has 0 aromatic heterocycles. The third-order valence-electron chi connectivity index (χ3n) is 7.00. The fourth-order valence-electron chi connectivity index (χ4n) is 4.96. The van der Waals surface area contributed by atoms with Gasteiger partial charge in [-0.1, -0.05) is 118 Å². The summed E-state index contributed by atoms with van der Waals surface area (Å²) in [7, 11) is 0. The zero-order chi connectivity index (χ0) is 25.5. The lowest BCUT2D eigenvalue weighted by Gasteiger charge is -2.11. The van der Waals surface area contributed by atoms with E-state index >= 15 is 0 Å². The summed E-state index contributed by atoms with van der Waals surface area (Å²) >= 11 is 0. The number of benzene rings is 6. The molecule has 1 nitrogen and oxygen atoms in total. The predicted octanol–water partition coefficient (Wildman–Crippen LogP) is 10.6. The first-order valence-electron chi connectivity index (χ1n) is 13.6. The maximum absolute atomic E-state index is 6.08. The molecular formula is C36H36O. The molecule has 186 valence electrons. The average Bonchev–Trinajstić information content (AvgIpc) is 2.93. The van der Waals surface area contributed by atoms with E-state index < -0.39 is 0 Å². The van der Waals surface area contributed by atoms with E-state index in [-0.39, 0.29) is 0 Å². The Bertz CT molecular complexity index is 1510. The van der Waals surface area contributed by atoms with Crippen LogP contribution in [-0.4, -0.2) is 6.61 Å². The van der Waals surface area contributed by atoms with E-state index in [4.69, 9.17) is 4.74 Å². The standard InChI is InChI=1S/C22H26O.C14H10/c1-17(2)9-4-3-7-14-23-22-13-8-12-20-15-18-10-5-6-11-19(18)16-21(20)22;1-2-6-12-10-14-8-4-3-7-13(14)9-11(12)5-1/h5-6,8,10-13,15-17H,3-4,7,9,14H2,1-2H3;1-10H. The van der Waals surface area contributed by atoms with Gasteiger partial charge in [-0.15, -0.1) is 0 Å². The second-order valence-corrected chi connectivity index (χ2v) is 10.3. The molecule has 37 heavy (non-hydrogen) atoms. The summed E-state index contributed by atoms with van der Waals surface area (Å²) in [5.74, 6) is 1.82. The quantitative estimate of drug-likeness (QED) is 0.162. The van der Waals surface area contributed by atoms with Crippen LogP contribution in [0.4, 0.5) is 0 Å². The topological polar surface area (TPSA) is 9.23 Å². The molecule has 0 amide bonds. The van der Waals surface area contributed by atoms with Crippen molar-refractivity contribution in [1.82, 2.24) is 0 Å². The molecule has 0 aliphatic carbocycles. The van der Waals surface area contributed by atoms with Crippen molar-refractivity contribution in [2.45, 2.75) is 39.5 Å². The van der Waals surface area contributed by atoms with E-state index in [0.29, 0.717) is 0 Å². The minimum Gasteiger partial charge on any atom is -0.493 e. The van der Waals surface area contributed by atoms with Crippen LogP contribution in [0.2, 0.25) is 0 Å². The highest BCUT2D eigenvalue weighted by Gasteiger charge is 2.04. The molecule has 0 bridgehead atoms. The SMILES string of the molecule is CC(C)CCCCCOc1cccc2cc3ccccc3cc12.c1ccc2cc3ccccc3cc2c1. The number of rotatable bonds is 7. The molecule has 0 heterocycles. The molecule has 0 saturated heterocycles. The normalized spacial score (nSPS) is 11.2. The van der Waals surface area contributed by atoms with Crippen molar-refractivity contribution in [2.75, 3.05) is 6.61 Å². The average molecular weight is 485 g/mol. The van der Waals surface area contributed by atoms with E-state index in [2.05, 4.69) is 129 Å². The summed E-state index contributed by atoms with van der Waals surface area (Å²) in [6.07, 6.45) is 5.02. The first-order chi connectivity index (χ1) is 18.2. The van der Waals surface area contributed by atoms with Crippen molar-refractivity contribution < 1.29 is 4.74 Å². The molecule has 0 spiro atoms. The van der Waals surface area contributed by atoms with Crippen LogP contribution >= 0.6 is 0 Å². The lowest BCUT2D eigenvalue weighted by atomic mass is 10.0. The molecule has 0 saturated carbocycles. The summed E-state index contributed by atoms with van der Waals surface area (Å²) in [5, 5.41) is 10.3. The molecule has 0 radical (unpaired) electrons. The van der Waals surface area contributed by atoms with Crippen LogP contribution in [-0.2, 0) is 0 Å². The second kappa shape index (κ2) is 11.9. The third-order valence-corrected chi connectivity index (χ3v) is 7.00. The lowest BCUT2D eigenvalue weighted by molar-refractivity contribution is 0.306. The number of hydrogen-bond donors (Lipinski definition) is 0. The van der Waals surface area contributed by atoms with Crippen LogP contribution < -0.4 is 4.74 Å². The van der Waals surface area contributed by atoms with Gasteiger partial charge in [0.25, 0.3) is 0 Å². The summed E-state index contributed by atoms with van der Waals surface area (Å²) in [5.41, 5.74) is 0. The van der Waals surface area contributed by atoms with Gasteiger partial charge in [-0.05, 0) is 80.4 Å². The van der Waals surface area contributed by atoms with Crippen molar-refractivity contribution in [3.8, 4) is 5.75 Å². The zero-order valence-corrected chi connectivity index (χ0v) is 22.0. The van der Waals surface area contributed by atoms with Gasteiger partial charge in [0, 0.05) is 5.39 Å². The van der Waals surface area contributed by atoms with Gasteiger partial charge in [-0.3, -0.25) is 0 Å². The molecule has 0 N–H and O–H groups in total. The Hall–Kier alpha value is -3.84. The zero-order valence-electron chi connectivity index (χ0n) is 22.0. The Kier molecular flexibility index (Phi) is 8.01. The molecule has 0 aliphatic rings. The maximum Gasteiger partial charge on any atom is 0.127 e. The highest BCUT2D eigenvalue weighted by atomic mass is 16.5. The van der Waals surface area contributed by atoms with Gasteiger partial charge in [0.15, 0.2) is 0 Å². The van der Waals surface area contributed by atoms with E-state index in [1.54, 1.807) is 0 Å². The Labute approximate surface area is 220 Å². The molecule has 6 aromatic rings. The minimum absolute atomic E-state index is 0.808. The molecular weight excluding hydrogens is 448 g/mol. The van der Waals surface area contributed by atoms with Crippen LogP contribution in [0.5, 0.6) is 5.75 Å². The van der Waals surface area contributed by atoms with Crippen molar-refractivity contribution in [3.05, 3.63) is 115 Å². The van der Waals surface area contributed by atoms with Gasteiger partial charge >= 0.3 is 0 Å². The van der Waals surface area contributed by atoms with E-state index in [9.17, 15) is 0 Å². The van der Waals surface area contributed by atoms with E-state index in [0.717, 1.165) is 24.7 Å². The molecule has 6 rings (SSSR count). The van der Waals surface area contributed by atoms with Crippen molar-refractivity contribution >= 4 is 43.1 Å². The highest BCUT2D eigenvalue weighted by molar-refractivity contribution is 6.01. The molecule has 0 aliphatic heterocycles. The van der Waals surface area contributed by atoms with Crippen LogP contribution in [0.15, 0.2) is 115 Å². The summed E-state index contributed by atoms with van der Waals surface area (Å²) in [6, 6.07) is 40.8. The smallest absolute Gasteiger partial charge is 0.127 e. The predicted molar refractivity (Wildman–Crippen MR) is 162 cm³/mol. The lowest BCUT2D eigenvalue weighted by Crippen LogP contribution is -1.98. The van der Waals surface area contributed by atoms with Gasteiger partial charge in [0.05, 0.1) is 6.61 Å². The molecule has 0 atom stereocenters. The summed E-state index contributed by atoms with van der Waals surface area (Å²) in [4.78, 5) is 0. The number of ether oxygens (including phenoxy) is 1. The van der Waals surface area contributed by atoms with E-state index in [1.807, 2.05) is 0 Å². The fourth-order valence-corrected chi connectivity index (χ4v) is 4.96. The Morgan fingerprint density at radius 2 is 0.946 bits per heavy atom. The van der Waals surface area contributed by atoms with Gasteiger partial charge in [-0.2, -0.15) is 0 Å². The van der Waals surface area contributed by atoms with Gasteiger partial charge < -0.3 is 4.74 Å². The summed E-state index contributed by atoms with van der Waals surface area (Å²) in [6.45, 7) is 5.39. The molecule has 0 fully saturated rings. The van der Waals surface area contributed by atoms with Crippen molar-refractivity contribution in [3.63, 3.8) is 0 Å². The molecule has 6 aromatic carbocycles. The molecule has 1 heteroatoms. The Morgan fingerprint density at radius 1 is 0.486 bits per heavy atom. The van der Waals surface area contributed by atoms with Crippen LogP contribution in [0.3, 0.4) is 0 Å². The summed E-state index contributed by atoms with van der Waals surface area (Å²) < 4.78 is 6.08. The minimum atomic E-state index is 0.808. The number of fused-ring (bicyclic) bond motifs is 4. The van der Waals surface area contributed by atoms with Crippen molar-refractivity contribution in [1.29, 1.82) is 0 Å². The van der Waals surface area contributed by atoms with E-state index in [1.165, 1.54) is 62.4 Å². The van der Waals surface area contributed by atoms with Gasteiger partial charge in [0.1, 0.15) is 5.75 Å². The first-order valence-corrected chi connectivity index (χ1v) is 13.6. The largest absolute Gasteiger partial charge is 0.493 e. The second-order valence-electron chi connectivity index (χ2n) is 10.3. The van der Waals surface area contributed by atoms with Gasteiger partial charge in [0.2, 0.25) is 0 Å². The third kappa shape index (κ3) is 6.30. The van der Waals surface area contributed by atoms with Gasteiger partial charge in [-0.25, -0.2) is 0 Å². The van der Waals surface area contributed by atoms with Crippen LogP contribution in [0.25, 0.3) is 43.1 Å². The van der Waals surface area contributed by atoms with Crippen LogP contribution in [0.1, 0.15) is 39.5 Å². The van der Waals surface area contributed by atoms with Crippen LogP contribution in [0, 0.1) is 5.92 Å². The maximum atomic E-state index is 6.08. The highest BCUT2D eigenvalue weighted by Crippen LogP contribution is 2.30. The Morgan fingerprint density at radius 3 is 1.46 bits per heavy atom. The van der Waals surface area contributed by atoms with Crippen molar-refractivity contribution in [2.24, 2.45) is 5.92 Å². The number of hydrogen-bond acceptors (Lipinski definition) is 1. The monoisotopic (exact) mass is 484 g/mol. The fraction of sp³-hybridized carbons (Fsp3) is 0.222. The molecule has 0 unspecified atom stereocenters.